The minimum atomic E-state index is -0.120. The average Bonchev–Trinajstić information content (AvgIpc) is 2.66. The molecule has 0 unspecified atom stereocenters. The van der Waals surface area contributed by atoms with Crippen molar-refractivity contribution in [1.29, 1.82) is 0 Å². The van der Waals surface area contributed by atoms with Gasteiger partial charge in [-0.3, -0.25) is 14.5 Å². The van der Waals surface area contributed by atoms with E-state index in [1.54, 1.807) is 11.9 Å². The van der Waals surface area contributed by atoms with E-state index in [2.05, 4.69) is 39.5 Å². The number of hydrogen-bond donors (Lipinski definition) is 2. The molecule has 7 heteroatoms. The number of anilines is 2. The van der Waals surface area contributed by atoms with Gasteiger partial charge in [0.25, 0.3) is 0 Å². The van der Waals surface area contributed by atoms with Crippen LogP contribution in [-0.4, -0.2) is 81.0 Å². The Morgan fingerprint density at radius 2 is 1.63 bits per heavy atom. The van der Waals surface area contributed by atoms with E-state index in [9.17, 15) is 9.59 Å². The van der Waals surface area contributed by atoms with E-state index in [0.717, 1.165) is 44.8 Å². The van der Waals surface area contributed by atoms with Gasteiger partial charge >= 0.3 is 0 Å². The smallest absolute Gasteiger partial charge is 0.238 e. The summed E-state index contributed by atoms with van der Waals surface area (Å²) < 4.78 is 0. The van der Waals surface area contributed by atoms with Crippen molar-refractivity contribution in [2.75, 3.05) is 69.6 Å². The Balaban J connectivity index is 1.77. The fraction of sp³-hybridized carbons (Fsp3) is 0.600. The lowest BCUT2D eigenvalue weighted by atomic mass is 10.2. The van der Waals surface area contributed by atoms with Crippen molar-refractivity contribution in [3.8, 4) is 0 Å². The van der Waals surface area contributed by atoms with Crippen LogP contribution in [0.1, 0.15) is 20.3 Å². The Labute approximate surface area is 162 Å². The van der Waals surface area contributed by atoms with Crippen LogP contribution < -0.4 is 15.5 Å². The molecule has 0 radical (unpaired) electrons. The zero-order chi connectivity index (χ0) is 19.6. The van der Waals surface area contributed by atoms with Crippen LogP contribution in [0.2, 0.25) is 0 Å². The molecule has 1 aromatic carbocycles. The van der Waals surface area contributed by atoms with Crippen molar-refractivity contribution in [1.82, 2.24) is 15.1 Å². The highest BCUT2D eigenvalue weighted by Crippen LogP contribution is 2.19. The Hall–Kier alpha value is -2.12. The molecule has 1 aliphatic rings. The number of piperazine rings is 1. The first-order valence-corrected chi connectivity index (χ1v) is 9.84. The zero-order valence-electron chi connectivity index (χ0n) is 16.8. The Kier molecular flexibility index (Phi) is 8.54. The van der Waals surface area contributed by atoms with E-state index in [-0.39, 0.29) is 24.9 Å². The quantitative estimate of drug-likeness (QED) is 0.679. The average molecular weight is 376 g/mol. The zero-order valence-corrected chi connectivity index (χ0v) is 16.8. The van der Waals surface area contributed by atoms with Crippen LogP contribution in [0.3, 0.4) is 0 Å². The second-order valence-corrected chi connectivity index (χ2v) is 7.04. The Morgan fingerprint density at radius 1 is 1.00 bits per heavy atom. The summed E-state index contributed by atoms with van der Waals surface area (Å²) in [5.41, 5.74) is 1.97. The van der Waals surface area contributed by atoms with Gasteiger partial charge in [0.15, 0.2) is 0 Å². The first kappa shape index (κ1) is 21.2. The number of carbonyl (C=O) groups excluding carboxylic acids is 2. The maximum atomic E-state index is 12.2. The molecule has 7 nitrogen and oxygen atoms in total. The molecule has 0 saturated carbocycles. The third-order valence-electron chi connectivity index (χ3n) is 4.73. The molecule has 2 N–H and O–H groups in total. The maximum Gasteiger partial charge on any atom is 0.238 e. The number of nitrogens with zero attached hydrogens (tertiary/aromatic N) is 3. The minimum absolute atomic E-state index is 0.0559. The molecule has 2 amide bonds. The largest absolute Gasteiger partial charge is 0.369 e. The highest BCUT2D eigenvalue weighted by atomic mass is 16.2. The molecule has 1 aromatic rings. The summed E-state index contributed by atoms with van der Waals surface area (Å²) in [6.45, 7) is 10.6. The summed E-state index contributed by atoms with van der Waals surface area (Å²) in [6, 6.07) is 7.99. The maximum absolute atomic E-state index is 12.2. The van der Waals surface area contributed by atoms with E-state index in [0.29, 0.717) is 6.54 Å². The van der Waals surface area contributed by atoms with E-state index in [4.69, 9.17) is 0 Å². The monoisotopic (exact) mass is 375 g/mol. The number of hydrogen-bond acceptors (Lipinski definition) is 5. The fourth-order valence-corrected chi connectivity index (χ4v) is 3.14. The molecule has 2 rings (SSSR count). The first-order valence-electron chi connectivity index (χ1n) is 9.84. The van der Waals surface area contributed by atoms with Gasteiger partial charge < -0.3 is 20.4 Å². The van der Waals surface area contributed by atoms with Crippen LogP contribution in [0.5, 0.6) is 0 Å². The number of carbonyl (C=O) groups is 2. The van der Waals surface area contributed by atoms with Gasteiger partial charge in [-0.1, -0.05) is 13.8 Å². The Bertz CT molecular complexity index is 597. The number of amides is 2. The predicted molar refractivity (Wildman–Crippen MR) is 110 cm³/mol. The predicted octanol–water partition coefficient (Wildman–Crippen LogP) is 1.23. The topological polar surface area (TPSA) is 67.9 Å². The first-order chi connectivity index (χ1) is 13.0. The molecule has 0 atom stereocenters. The van der Waals surface area contributed by atoms with Gasteiger partial charge in [0.2, 0.25) is 11.8 Å². The van der Waals surface area contributed by atoms with Gasteiger partial charge in [-0.25, -0.2) is 0 Å². The number of rotatable bonds is 9. The second kappa shape index (κ2) is 10.9. The van der Waals surface area contributed by atoms with Crippen molar-refractivity contribution in [3.05, 3.63) is 24.3 Å². The molecule has 1 saturated heterocycles. The highest BCUT2D eigenvalue weighted by Gasteiger charge is 2.16. The van der Waals surface area contributed by atoms with Gasteiger partial charge in [0.05, 0.1) is 13.1 Å². The lowest BCUT2D eigenvalue weighted by Gasteiger charge is -2.35. The van der Waals surface area contributed by atoms with Crippen LogP contribution in [-0.2, 0) is 9.59 Å². The van der Waals surface area contributed by atoms with Gasteiger partial charge in [-0.05, 0) is 44.3 Å². The lowest BCUT2D eigenvalue weighted by Crippen LogP contribution is -2.46. The minimum Gasteiger partial charge on any atom is -0.369 e. The highest BCUT2D eigenvalue weighted by molar-refractivity contribution is 5.92. The molecule has 0 aliphatic carbocycles. The molecule has 1 aliphatic heterocycles. The summed E-state index contributed by atoms with van der Waals surface area (Å²) in [7, 11) is 1.77. The van der Waals surface area contributed by atoms with Crippen LogP contribution in [0.15, 0.2) is 24.3 Å². The third-order valence-corrected chi connectivity index (χ3v) is 4.73. The van der Waals surface area contributed by atoms with E-state index in [1.807, 2.05) is 19.1 Å². The molecule has 1 heterocycles. The van der Waals surface area contributed by atoms with E-state index in [1.165, 1.54) is 5.69 Å². The third kappa shape index (κ3) is 7.19. The molecular formula is C20H33N5O2. The van der Waals surface area contributed by atoms with Crippen LogP contribution in [0.4, 0.5) is 11.4 Å². The van der Waals surface area contributed by atoms with E-state index >= 15 is 0 Å². The summed E-state index contributed by atoms with van der Waals surface area (Å²) in [6.07, 6.45) is 0.903. The van der Waals surface area contributed by atoms with Crippen molar-refractivity contribution >= 4 is 23.2 Å². The van der Waals surface area contributed by atoms with Crippen LogP contribution >= 0.6 is 0 Å². The molecule has 0 bridgehead atoms. The summed E-state index contributed by atoms with van der Waals surface area (Å²) in [4.78, 5) is 30.4. The van der Waals surface area contributed by atoms with Gasteiger partial charge in [-0.2, -0.15) is 0 Å². The summed E-state index contributed by atoms with van der Waals surface area (Å²) >= 11 is 0. The molecular weight excluding hydrogens is 342 g/mol. The van der Waals surface area contributed by atoms with Gasteiger partial charge in [0.1, 0.15) is 0 Å². The van der Waals surface area contributed by atoms with Gasteiger partial charge in [0, 0.05) is 44.1 Å². The van der Waals surface area contributed by atoms with Gasteiger partial charge in [-0.15, -0.1) is 0 Å². The summed E-state index contributed by atoms with van der Waals surface area (Å²) in [5.74, 6) is -0.176. The van der Waals surface area contributed by atoms with E-state index < -0.39 is 0 Å². The van der Waals surface area contributed by atoms with Crippen LogP contribution in [0.25, 0.3) is 0 Å². The van der Waals surface area contributed by atoms with Crippen LogP contribution in [0, 0.1) is 0 Å². The summed E-state index contributed by atoms with van der Waals surface area (Å²) in [5, 5.41) is 5.71. The fourth-order valence-electron chi connectivity index (χ4n) is 3.14. The number of benzene rings is 1. The molecule has 0 spiro atoms. The lowest BCUT2D eigenvalue weighted by molar-refractivity contribution is -0.122. The molecule has 0 aromatic heterocycles. The number of nitrogens with one attached hydrogen (secondary N) is 2. The number of likely N-dealkylation sites (N-methyl/N-ethyl adjacent to an activating group) is 2. The second-order valence-electron chi connectivity index (χ2n) is 7.04. The SMILES string of the molecule is CCCNC(=O)CN(C)CC(=O)Nc1ccc(N2CCN(CC)CC2)cc1. The van der Waals surface area contributed by atoms with Crippen molar-refractivity contribution < 1.29 is 9.59 Å². The molecule has 1 fully saturated rings. The normalized spacial score (nSPS) is 15.0. The molecule has 27 heavy (non-hydrogen) atoms. The van der Waals surface area contributed by atoms with Crippen molar-refractivity contribution in [3.63, 3.8) is 0 Å². The Morgan fingerprint density at radius 3 is 2.22 bits per heavy atom. The van der Waals surface area contributed by atoms with Crippen molar-refractivity contribution in [2.45, 2.75) is 20.3 Å². The van der Waals surface area contributed by atoms with Crippen molar-refractivity contribution in [2.24, 2.45) is 0 Å². The molecule has 150 valence electrons. The standard InChI is InChI=1S/C20H33N5O2/c1-4-10-21-19(26)15-23(3)16-20(27)22-17-6-8-18(9-7-17)25-13-11-24(5-2)12-14-25/h6-9H,4-5,10-16H2,1-3H3,(H,21,26)(H,22,27).